The molecule has 0 saturated carbocycles. The highest BCUT2D eigenvalue weighted by atomic mass is 35.5. The quantitative estimate of drug-likeness (QED) is 0.549. The fourth-order valence-corrected chi connectivity index (χ4v) is 2.89. The minimum Gasteiger partial charge on any atom is -0.443 e. The van der Waals surface area contributed by atoms with E-state index in [1.807, 2.05) is 31.2 Å². The van der Waals surface area contributed by atoms with Gasteiger partial charge in [-0.15, -0.1) is 0 Å². The van der Waals surface area contributed by atoms with Crippen molar-refractivity contribution < 1.29 is 9.21 Å². The lowest BCUT2D eigenvalue weighted by Crippen LogP contribution is -2.12. The first-order valence-corrected chi connectivity index (χ1v) is 8.35. The number of carbonyl (C=O) groups excluding carboxylic acids is 1. The van der Waals surface area contributed by atoms with Crippen molar-refractivity contribution in [3.8, 4) is 11.1 Å². The van der Waals surface area contributed by atoms with E-state index in [9.17, 15) is 4.79 Å². The standard InChI is InChI=1S/C20H14ClN3O2/c1-12-2-4-13(5-3-12)20(25)24-19-7-6-14(10-22-19)15-8-18-17(9-16(15)21)23-11-26-18/h2-11H,1H3,(H,22,24,25). The molecule has 0 spiro atoms. The number of aryl methyl sites for hydroxylation is 1. The largest absolute Gasteiger partial charge is 0.443 e. The van der Waals surface area contributed by atoms with E-state index in [4.69, 9.17) is 16.0 Å². The van der Waals surface area contributed by atoms with Gasteiger partial charge in [-0.1, -0.05) is 29.3 Å². The number of hydrogen-bond donors (Lipinski definition) is 1. The molecule has 0 aliphatic carbocycles. The molecule has 128 valence electrons. The van der Waals surface area contributed by atoms with Crippen molar-refractivity contribution in [2.24, 2.45) is 0 Å². The van der Waals surface area contributed by atoms with Crippen LogP contribution < -0.4 is 5.32 Å². The molecule has 1 amide bonds. The van der Waals surface area contributed by atoms with E-state index in [1.54, 1.807) is 30.5 Å². The van der Waals surface area contributed by atoms with Gasteiger partial charge in [0.05, 0.1) is 5.02 Å². The van der Waals surface area contributed by atoms with Gasteiger partial charge in [0.25, 0.3) is 5.91 Å². The molecule has 0 atom stereocenters. The number of rotatable bonds is 3. The van der Waals surface area contributed by atoms with E-state index in [2.05, 4.69) is 15.3 Å². The maximum Gasteiger partial charge on any atom is 0.256 e. The van der Waals surface area contributed by atoms with Crippen LogP contribution in [-0.4, -0.2) is 15.9 Å². The second kappa shape index (κ2) is 6.61. The number of aromatic nitrogens is 2. The van der Waals surface area contributed by atoms with Crippen LogP contribution in [-0.2, 0) is 0 Å². The summed E-state index contributed by atoms with van der Waals surface area (Å²) < 4.78 is 5.32. The molecule has 5 nitrogen and oxygen atoms in total. The Morgan fingerprint density at radius 3 is 2.62 bits per heavy atom. The maximum absolute atomic E-state index is 12.3. The van der Waals surface area contributed by atoms with Crippen molar-refractivity contribution in [2.45, 2.75) is 6.92 Å². The van der Waals surface area contributed by atoms with Gasteiger partial charge in [0.2, 0.25) is 0 Å². The van der Waals surface area contributed by atoms with Crippen molar-refractivity contribution in [3.63, 3.8) is 0 Å². The van der Waals surface area contributed by atoms with Gasteiger partial charge >= 0.3 is 0 Å². The van der Waals surface area contributed by atoms with Crippen LogP contribution in [0.25, 0.3) is 22.2 Å². The SMILES string of the molecule is Cc1ccc(C(=O)Nc2ccc(-c3cc4ocnc4cc3Cl)cn2)cc1. The highest BCUT2D eigenvalue weighted by Crippen LogP contribution is 2.31. The molecule has 0 aliphatic heterocycles. The summed E-state index contributed by atoms with van der Waals surface area (Å²) in [4.78, 5) is 20.7. The van der Waals surface area contributed by atoms with Gasteiger partial charge in [-0.2, -0.15) is 0 Å². The maximum atomic E-state index is 12.3. The lowest BCUT2D eigenvalue weighted by Gasteiger charge is -2.07. The third-order valence-corrected chi connectivity index (χ3v) is 4.36. The molecule has 1 N–H and O–H groups in total. The van der Waals surface area contributed by atoms with E-state index in [0.29, 0.717) is 27.5 Å². The summed E-state index contributed by atoms with van der Waals surface area (Å²) >= 11 is 6.33. The van der Waals surface area contributed by atoms with Crippen LogP contribution in [0.3, 0.4) is 0 Å². The summed E-state index contributed by atoms with van der Waals surface area (Å²) in [6.07, 6.45) is 3.04. The Kier molecular flexibility index (Phi) is 4.14. The molecule has 0 unspecified atom stereocenters. The average Bonchev–Trinajstić information content (AvgIpc) is 3.09. The number of hydrogen-bond acceptors (Lipinski definition) is 4. The van der Waals surface area contributed by atoms with Gasteiger partial charge in [-0.25, -0.2) is 9.97 Å². The van der Waals surface area contributed by atoms with Crippen LogP contribution >= 0.6 is 11.6 Å². The predicted octanol–water partition coefficient (Wildman–Crippen LogP) is 5.10. The van der Waals surface area contributed by atoms with E-state index < -0.39 is 0 Å². The molecular weight excluding hydrogens is 350 g/mol. The summed E-state index contributed by atoms with van der Waals surface area (Å²) in [6.45, 7) is 1.98. The fraction of sp³-hybridized carbons (Fsp3) is 0.0500. The highest BCUT2D eigenvalue weighted by molar-refractivity contribution is 6.34. The molecule has 2 aromatic heterocycles. The number of nitrogens with zero attached hydrogens (tertiary/aromatic N) is 2. The summed E-state index contributed by atoms with van der Waals surface area (Å²) in [5.41, 5.74) is 4.65. The van der Waals surface area contributed by atoms with Gasteiger partial charge in [-0.3, -0.25) is 4.79 Å². The monoisotopic (exact) mass is 363 g/mol. The molecule has 0 aliphatic rings. The number of pyridine rings is 1. The number of carbonyl (C=O) groups is 1. The second-order valence-corrected chi connectivity index (χ2v) is 6.31. The summed E-state index contributed by atoms with van der Waals surface area (Å²) in [5, 5.41) is 3.34. The van der Waals surface area contributed by atoms with Crippen LogP contribution in [0.5, 0.6) is 0 Å². The van der Waals surface area contributed by atoms with E-state index in [-0.39, 0.29) is 5.91 Å². The first-order valence-electron chi connectivity index (χ1n) is 7.97. The minimum atomic E-state index is -0.202. The first kappa shape index (κ1) is 16.3. The molecular formula is C20H14ClN3O2. The van der Waals surface area contributed by atoms with Crippen molar-refractivity contribution in [3.05, 3.63) is 77.3 Å². The van der Waals surface area contributed by atoms with Gasteiger partial charge < -0.3 is 9.73 Å². The second-order valence-electron chi connectivity index (χ2n) is 5.90. The first-order chi connectivity index (χ1) is 12.6. The third-order valence-electron chi connectivity index (χ3n) is 4.05. The normalized spacial score (nSPS) is 10.8. The van der Waals surface area contributed by atoms with Crippen molar-refractivity contribution in [2.75, 3.05) is 5.32 Å². The molecule has 6 heteroatoms. The minimum absolute atomic E-state index is 0.202. The van der Waals surface area contributed by atoms with Gasteiger partial charge in [-0.05, 0) is 43.3 Å². The summed E-state index contributed by atoms with van der Waals surface area (Å²) in [6, 6.07) is 14.5. The summed E-state index contributed by atoms with van der Waals surface area (Å²) in [5.74, 6) is 0.266. The Labute approximate surface area is 154 Å². The lowest BCUT2D eigenvalue weighted by atomic mass is 10.1. The number of oxazole rings is 1. The Hall–Kier alpha value is -3.18. The Balaban J connectivity index is 1.57. The van der Waals surface area contributed by atoms with Crippen LogP contribution in [0.1, 0.15) is 15.9 Å². The van der Waals surface area contributed by atoms with Crippen molar-refractivity contribution >= 4 is 34.4 Å². The molecule has 4 rings (SSSR count). The zero-order valence-corrected chi connectivity index (χ0v) is 14.6. The molecule has 0 saturated heterocycles. The summed E-state index contributed by atoms with van der Waals surface area (Å²) in [7, 11) is 0. The van der Waals surface area contributed by atoms with Crippen LogP contribution in [0.2, 0.25) is 5.02 Å². The molecule has 2 heterocycles. The van der Waals surface area contributed by atoms with Gasteiger partial charge in [0.15, 0.2) is 12.0 Å². The van der Waals surface area contributed by atoms with Gasteiger partial charge in [0.1, 0.15) is 11.3 Å². The molecule has 0 fully saturated rings. The number of nitrogens with one attached hydrogen (secondary N) is 1. The number of fused-ring (bicyclic) bond motifs is 1. The average molecular weight is 364 g/mol. The Morgan fingerprint density at radius 2 is 1.88 bits per heavy atom. The number of amides is 1. The number of halogens is 1. The van der Waals surface area contributed by atoms with Crippen molar-refractivity contribution in [1.82, 2.24) is 9.97 Å². The van der Waals surface area contributed by atoms with Crippen molar-refractivity contribution in [1.29, 1.82) is 0 Å². The number of anilines is 1. The molecule has 0 radical (unpaired) electrons. The highest BCUT2D eigenvalue weighted by Gasteiger charge is 2.10. The third kappa shape index (κ3) is 3.17. The van der Waals surface area contributed by atoms with Crippen LogP contribution in [0, 0.1) is 6.92 Å². The lowest BCUT2D eigenvalue weighted by molar-refractivity contribution is 0.102. The van der Waals surface area contributed by atoms with E-state index in [1.165, 1.54) is 6.39 Å². The number of benzene rings is 2. The predicted molar refractivity (Wildman–Crippen MR) is 101 cm³/mol. The zero-order valence-electron chi connectivity index (χ0n) is 13.9. The topological polar surface area (TPSA) is 68.0 Å². The molecule has 2 aromatic carbocycles. The van der Waals surface area contributed by atoms with Gasteiger partial charge in [0, 0.05) is 22.9 Å². The Morgan fingerprint density at radius 1 is 1.08 bits per heavy atom. The molecule has 4 aromatic rings. The van der Waals surface area contributed by atoms with Crippen LogP contribution in [0.15, 0.2) is 65.5 Å². The van der Waals surface area contributed by atoms with E-state index >= 15 is 0 Å². The fourth-order valence-electron chi connectivity index (χ4n) is 2.62. The van der Waals surface area contributed by atoms with E-state index in [0.717, 1.165) is 16.7 Å². The molecule has 0 bridgehead atoms. The zero-order chi connectivity index (χ0) is 18.1. The van der Waals surface area contributed by atoms with Crippen LogP contribution in [0.4, 0.5) is 5.82 Å². The smallest absolute Gasteiger partial charge is 0.256 e. The Bertz CT molecular complexity index is 1090. The molecule has 26 heavy (non-hydrogen) atoms.